The number of ether oxygens (including phenoxy) is 1. The molecule has 100 valence electrons. The minimum atomic E-state index is -0.272. The second kappa shape index (κ2) is 5.69. The lowest BCUT2D eigenvalue weighted by Crippen LogP contribution is -2.33. The van der Waals surface area contributed by atoms with Crippen LogP contribution in [0.1, 0.15) is 25.3 Å². The van der Waals surface area contributed by atoms with Crippen LogP contribution in [0.25, 0.3) is 0 Å². The Morgan fingerprint density at radius 3 is 2.37 bits per heavy atom. The molecule has 2 amide bonds. The highest BCUT2D eigenvalue weighted by Crippen LogP contribution is 2.25. The van der Waals surface area contributed by atoms with Crippen molar-refractivity contribution in [2.45, 2.75) is 19.8 Å². The second-order valence-corrected chi connectivity index (χ2v) is 4.70. The van der Waals surface area contributed by atoms with Crippen molar-refractivity contribution in [2.75, 3.05) is 13.2 Å². The lowest BCUT2D eigenvalue weighted by Gasteiger charge is -2.17. The molecule has 0 N–H and O–H groups in total. The predicted molar refractivity (Wildman–Crippen MR) is 71.9 cm³/mol. The molecule has 1 heterocycles. The summed E-state index contributed by atoms with van der Waals surface area (Å²) in [5, 5.41) is 0. The van der Waals surface area contributed by atoms with Gasteiger partial charge in [0.1, 0.15) is 12.4 Å². The molecule has 0 aromatic heterocycles. The average Bonchev–Trinajstić information content (AvgIpc) is 2.70. The fourth-order valence-electron chi connectivity index (χ4n) is 1.99. The summed E-state index contributed by atoms with van der Waals surface area (Å²) in [6.45, 7) is 4.78. The maximum atomic E-state index is 11.4. The van der Waals surface area contributed by atoms with E-state index < -0.39 is 0 Å². The molecule has 0 atom stereocenters. The molecule has 4 nitrogen and oxygen atoms in total. The molecule has 2 rings (SSSR count). The van der Waals surface area contributed by atoms with Crippen molar-refractivity contribution < 1.29 is 14.3 Å². The third-order valence-electron chi connectivity index (χ3n) is 3.01. The van der Waals surface area contributed by atoms with Crippen molar-refractivity contribution in [1.29, 1.82) is 0 Å². The van der Waals surface area contributed by atoms with E-state index in [-0.39, 0.29) is 18.4 Å². The normalized spacial score (nSPS) is 14.6. The summed E-state index contributed by atoms with van der Waals surface area (Å²) >= 11 is 0. The van der Waals surface area contributed by atoms with Crippen molar-refractivity contribution in [3.63, 3.8) is 0 Å². The molecule has 1 aromatic rings. The third kappa shape index (κ3) is 3.02. The molecule has 0 spiro atoms. The zero-order chi connectivity index (χ0) is 13.8. The van der Waals surface area contributed by atoms with Crippen LogP contribution in [0, 0.1) is 0 Å². The molecule has 0 bridgehead atoms. The Kier molecular flexibility index (Phi) is 4.00. The SMILES string of the molecule is CC(C)c1ccccc1OCCN1C(=O)C=CC1=O. The maximum absolute atomic E-state index is 11.4. The quantitative estimate of drug-likeness (QED) is 0.761. The van der Waals surface area contributed by atoms with Gasteiger partial charge in [-0.15, -0.1) is 0 Å². The largest absolute Gasteiger partial charge is 0.491 e. The first-order valence-corrected chi connectivity index (χ1v) is 6.35. The van der Waals surface area contributed by atoms with Gasteiger partial charge >= 0.3 is 0 Å². The van der Waals surface area contributed by atoms with Crippen LogP contribution >= 0.6 is 0 Å². The van der Waals surface area contributed by atoms with Gasteiger partial charge < -0.3 is 4.74 Å². The van der Waals surface area contributed by atoms with E-state index in [1.807, 2.05) is 24.3 Å². The smallest absolute Gasteiger partial charge is 0.253 e. The van der Waals surface area contributed by atoms with Crippen LogP contribution < -0.4 is 4.74 Å². The van der Waals surface area contributed by atoms with Crippen LogP contribution in [-0.4, -0.2) is 29.9 Å². The standard InChI is InChI=1S/C15H17NO3/c1-11(2)12-5-3-4-6-13(12)19-10-9-16-14(17)7-8-15(16)18/h3-8,11H,9-10H2,1-2H3. The zero-order valence-corrected chi connectivity index (χ0v) is 11.1. The fraction of sp³-hybridized carbons (Fsp3) is 0.333. The van der Waals surface area contributed by atoms with Gasteiger partial charge in [-0.25, -0.2) is 0 Å². The van der Waals surface area contributed by atoms with Crippen LogP contribution in [0.2, 0.25) is 0 Å². The molecule has 1 aromatic carbocycles. The van der Waals surface area contributed by atoms with Crippen molar-refractivity contribution in [3.8, 4) is 5.75 Å². The first-order chi connectivity index (χ1) is 9.09. The Morgan fingerprint density at radius 1 is 1.11 bits per heavy atom. The molecule has 4 heteroatoms. The number of para-hydroxylation sites is 1. The molecular weight excluding hydrogens is 242 g/mol. The van der Waals surface area contributed by atoms with E-state index in [0.717, 1.165) is 11.3 Å². The van der Waals surface area contributed by atoms with Crippen LogP contribution in [0.3, 0.4) is 0 Å². The van der Waals surface area contributed by atoms with Crippen LogP contribution in [-0.2, 0) is 9.59 Å². The van der Waals surface area contributed by atoms with Gasteiger partial charge in [-0.1, -0.05) is 32.0 Å². The molecular formula is C15H17NO3. The number of nitrogens with zero attached hydrogens (tertiary/aromatic N) is 1. The monoisotopic (exact) mass is 259 g/mol. The van der Waals surface area contributed by atoms with E-state index >= 15 is 0 Å². The highest BCUT2D eigenvalue weighted by Gasteiger charge is 2.22. The summed E-state index contributed by atoms with van der Waals surface area (Å²) < 4.78 is 5.68. The number of benzene rings is 1. The molecule has 1 aliphatic heterocycles. The van der Waals surface area contributed by atoms with Gasteiger partial charge in [0.05, 0.1) is 6.54 Å². The third-order valence-corrected chi connectivity index (χ3v) is 3.01. The van der Waals surface area contributed by atoms with Crippen molar-refractivity contribution in [1.82, 2.24) is 4.90 Å². The van der Waals surface area contributed by atoms with Gasteiger partial charge in [0.15, 0.2) is 0 Å². The van der Waals surface area contributed by atoms with E-state index in [1.165, 1.54) is 17.1 Å². The zero-order valence-electron chi connectivity index (χ0n) is 11.1. The van der Waals surface area contributed by atoms with Gasteiger partial charge in [0.2, 0.25) is 0 Å². The van der Waals surface area contributed by atoms with Gasteiger partial charge in [-0.2, -0.15) is 0 Å². The molecule has 0 saturated carbocycles. The average molecular weight is 259 g/mol. The van der Waals surface area contributed by atoms with E-state index in [2.05, 4.69) is 13.8 Å². The fourth-order valence-corrected chi connectivity index (χ4v) is 1.99. The molecule has 0 fully saturated rings. The van der Waals surface area contributed by atoms with E-state index in [1.54, 1.807) is 0 Å². The van der Waals surface area contributed by atoms with E-state index in [0.29, 0.717) is 12.5 Å². The molecule has 0 aliphatic carbocycles. The number of hydrogen-bond acceptors (Lipinski definition) is 3. The van der Waals surface area contributed by atoms with Crippen LogP contribution in [0.5, 0.6) is 5.75 Å². The molecule has 1 aliphatic rings. The highest BCUT2D eigenvalue weighted by atomic mass is 16.5. The lowest BCUT2D eigenvalue weighted by molar-refractivity contribution is -0.137. The summed E-state index contributed by atoms with van der Waals surface area (Å²) in [5.74, 6) is 0.633. The van der Waals surface area contributed by atoms with Crippen molar-refractivity contribution in [3.05, 3.63) is 42.0 Å². The Bertz CT molecular complexity index is 502. The van der Waals surface area contributed by atoms with Gasteiger partial charge in [0.25, 0.3) is 11.8 Å². The topological polar surface area (TPSA) is 46.6 Å². The highest BCUT2D eigenvalue weighted by molar-refractivity contribution is 6.12. The number of carbonyl (C=O) groups is 2. The Hall–Kier alpha value is -2.10. The second-order valence-electron chi connectivity index (χ2n) is 4.70. The van der Waals surface area contributed by atoms with Crippen molar-refractivity contribution >= 4 is 11.8 Å². The minimum Gasteiger partial charge on any atom is -0.491 e. The number of carbonyl (C=O) groups excluding carboxylic acids is 2. The number of imide groups is 1. The van der Waals surface area contributed by atoms with Gasteiger partial charge in [0, 0.05) is 12.2 Å². The Morgan fingerprint density at radius 2 is 1.74 bits per heavy atom. The maximum Gasteiger partial charge on any atom is 0.253 e. The van der Waals surface area contributed by atoms with Gasteiger partial charge in [-0.3, -0.25) is 14.5 Å². The molecule has 0 unspecified atom stereocenters. The predicted octanol–water partition coefficient (Wildman–Crippen LogP) is 2.11. The van der Waals surface area contributed by atoms with E-state index in [4.69, 9.17) is 4.74 Å². The van der Waals surface area contributed by atoms with Crippen LogP contribution in [0.15, 0.2) is 36.4 Å². The molecule has 0 saturated heterocycles. The van der Waals surface area contributed by atoms with Crippen LogP contribution in [0.4, 0.5) is 0 Å². The lowest BCUT2D eigenvalue weighted by atomic mass is 10.0. The Labute approximate surface area is 112 Å². The summed E-state index contributed by atoms with van der Waals surface area (Å²) in [7, 11) is 0. The summed E-state index contributed by atoms with van der Waals surface area (Å²) in [6, 6.07) is 7.81. The molecule has 19 heavy (non-hydrogen) atoms. The first kappa shape index (κ1) is 13.3. The summed E-state index contributed by atoms with van der Waals surface area (Å²) in [4.78, 5) is 23.9. The number of amides is 2. The molecule has 0 radical (unpaired) electrons. The number of rotatable bonds is 5. The van der Waals surface area contributed by atoms with E-state index in [9.17, 15) is 9.59 Å². The summed E-state index contributed by atoms with van der Waals surface area (Å²) in [5.41, 5.74) is 1.12. The Balaban J connectivity index is 1.93. The number of hydrogen-bond donors (Lipinski definition) is 0. The van der Waals surface area contributed by atoms with Crippen molar-refractivity contribution in [2.24, 2.45) is 0 Å². The first-order valence-electron chi connectivity index (χ1n) is 6.35. The van der Waals surface area contributed by atoms with Gasteiger partial charge in [-0.05, 0) is 17.5 Å². The summed E-state index contributed by atoms with van der Waals surface area (Å²) in [6.07, 6.45) is 2.56. The minimum absolute atomic E-state index is 0.272.